The van der Waals surface area contributed by atoms with Crippen LogP contribution in [0, 0.1) is 11.8 Å². The number of fused-ring (bicyclic) bond motifs is 3. The van der Waals surface area contributed by atoms with Crippen molar-refractivity contribution < 1.29 is 14.7 Å². The van der Waals surface area contributed by atoms with Gasteiger partial charge in [-0.05, 0) is 18.2 Å². The number of hydrogen-bond donors (Lipinski definition) is 4. The molecule has 154 valence electrons. The monoisotopic (exact) mass is 516 g/mol. The van der Waals surface area contributed by atoms with Gasteiger partial charge < -0.3 is 21.1 Å². The number of anilines is 2. The Labute approximate surface area is 193 Å². The number of imidazole rings is 1. The minimum absolute atomic E-state index is 0.201. The number of benzene rings is 1. The number of amides is 1. The highest BCUT2D eigenvalue weighted by Gasteiger charge is 2.85. The first-order valence-corrected chi connectivity index (χ1v) is 10.2. The van der Waals surface area contributed by atoms with Crippen molar-refractivity contribution >= 4 is 104 Å². The standard InChI is InChI=1S/C16H10Cl6N4O3/c17-9-10(18)15(20)8(12(28)29)7(14(9,19)16(15,21)22)11(27)24-4-1-2-5-6(3-4)26-13(23)25-5/h1-3,7-8H,(H,24,27)(H,28,29)(H3,23,25,26). The lowest BCUT2D eigenvalue weighted by Crippen LogP contribution is -2.47. The maximum atomic E-state index is 13.1. The minimum atomic E-state index is -2.16. The van der Waals surface area contributed by atoms with E-state index < -0.39 is 37.8 Å². The second-order valence-electron chi connectivity index (χ2n) is 6.76. The number of nitrogens with zero attached hydrogens (tertiary/aromatic N) is 1. The summed E-state index contributed by atoms with van der Waals surface area (Å²) in [4.78, 5) is 27.9. The van der Waals surface area contributed by atoms with Gasteiger partial charge in [-0.25, -0.2) is 4.98 Å². The molecule has 4 unspecified atom stereocenters. The van der Waals surface area contributed by atoms with Crippen molar-refractivity contribution in [3.8, 4) is 0 Å². The number of aromatic nitrogens is 2. The SMILES string of the molecule is Nc1nc2ccc(NC(=O)C3C(C(=O)O)C4(Cl)C(Cl)=C(Cl)C3(Cl)C4(Cl)Cl)cc2[nH]1. The molecule has 2 aromatic rings. The van der Waals surface area contributed by atoms with Gasteiger partial charge in [0.05, 0.1) is 32.9 Å². The lowest BCUT2D eigenvalue weighted by molar-refractivity contribution is -0.146. The molecule has 1 heterocycles. The third-order valence-electron chi connectivity index (χ3n) is 5.25. The van der Waals surface area contributed by atoms with Gasteiger partial charge in [-0.3, -0.25) is 9.59 Å². The van der Waals surface area contributed by atoms with Crippen LogP contribution in [0.25, 0.3) is 11.0 Å². The van der Waals surface area contributed by atoms with Crippen molar-refractivity contribution in [2.24, 2.45) is 11.8 Å². The predicted molar refractivity (Wildman–Crippen MR) is 114 cm³/mol. The van der Waals surface area contributed by atoms with Crippen molar-refractivity contribution in [2.45, 2.75) is 14.1 Å². The number of carbonyl (C=O) groups is 2. The van der Waals surface area contributed by atoms with Crippen LogP contribution in [0.2, 0.25) is 0 Å². The molecule has 2 aliphatic rings. The van der Waals surface area contributed by atoms with Gasteiger partial charge in [0.25, 0.3) is 0 Å². The number of nitrogen functional groups attached to an aromatic ring is 1. The van der Waals surface area contributed by atoms with Crippen LogP contribution < -0.4 is 11.1 Å². The third-order valence-corrected chi connectivity index (χ3v) is 9.51. The summed E-state index contributed by atoms with van der Waals surface area (Å²) in [6.45, 7) is 0. The number of nitrogens with two attached hydrogens (primary N) is 1. The molecule has 4 atom stereocenters. The van der Waals surface area contributed by atoms with E-state index in [2.05, 4.69) is 15.3 Å². The molecule has 1 amide bonds. The molecule has 7 nitrogen and oxygen atoms in total. The van der Waals surface area contributed by atoms with Gasteiger partial charge in [0.1, 0.15) is 9.75 Å². The Morgan fingerprint density at radius 2 is 1.69 bits per heavy atom. The van der Waals surface area contributed by atoms with Crippen LogP contribution in [0.1, 0.15) is 0 Å². The lowest BCUT2D eigenvalue weighted by atomic mass is 9.81. The minimum Gasteiger partial charge on any atom is -0.481 e. The van der Waals surface area contributed by atoms with Crippen molar-refractivity contribution in [2.75, 3.05) is 11.1 Å². The number of H-pyrrole nitrogens is 1. The number of hydrogen-bond acceptors (Lipinski definition) is 4. The smallest absolute Gasteiger partial charge is 0.309 e. The number of alkyl halides is 4. The molecule has 1 fully saturated rings. The van der Waals surface area contributed by atoms with Gasteiger partial charge in [-0.1, -0.05) is 46.4 Å². The van der Waals surface area contributed by atoms with Gasteiger partial charge in [0.15, 0.2) is 10.3 Å². The van der Waals surface area contributed by atoms with Gasteiger partial charge in [-0.15, -0.1) is 23.2 Å². The summed E-state index contributed by atoms with van der Waals surface area (Å²) in [7, 11) is 0. The third kappa shape index (κ3) is 2.49. The molecule has 13 heteroatoms. The quantitative estimate of drug-likeness (QED) is 0.453. The summed E-state index contributed by atoms with van der Waals surface area (Å²) < 4.78 is -2.16. The van der Waals surface area contributed by atoms with E-state index in [1.807, 2.05) is 0 Å². The molecule has 2 aliphatic carbocycles. The molecule has 1 aromatic heterocycles. The zero-order valence-corrected chi connectivity index (χ0v) is 18.5. The topological polar surface area (TPSA) is 121 Å². The number of carboxylic acids is 1. The maximum absolute atomic E-state index is 13.1. The number of allylic oxidation sites excluding steroid dienone is 2. The second kappa shape index (κ2) is 6.45. The lowest BCUT2D eigenvalue weighted by Gasteiger charge is -2.33. The number of aliphatic carboxylic acids is 1. The molecule has 0 saturated heterocycles. The fourth-order valence-electron chi connectivity index (χ4n) is 3.95. The molecule has 29 heavy (non-hydrogen) atoms. The number of nitrogens with one attached hydrogen (secondary N) is 2. The van der Waals surface area contributed by atoms with Crippen LogP contribution in [0.4, 0.5) is 11.6 Å². The molecule has 1 aromatic carbocycles. The summed E-state index contributed by atoms with van der Waals surface area (Å²) in [5.41, 5.74) is 7.07. The Kier molecular flexibility index (Phi) is 4.71. The first-order valence-electron chi connectivity index (χ1n) is 7.98. The van der Waals surface area contributed by atoms with E-state index in [0.717, 1.165) is 0 Å². The van der Waals surface area contributed by atoms with Crippen molar-refractivity contribution in [1.82, 2.24) is 9.97 Å². The van der Waals surface area contributed by atoms with E-state index in [9.17, 15) is 14.7 Å². The summed E-state index contributed by atoms with van der Waals surface area (Å²) in [5.74, 6) is -5.21. The van der Waals surface area contributed by atoms with Crippen LogP contribution in [-0.4, -0.2) is 41.0 Å². The van der Waals surface area contributed by atoms with E-state index in [0.29, 0.717) is 16.7 Å². The summed E-state index contributed by atoms with van der Waals surface area (Å²) in [6.07, 6.45) is 0. The highest BCUT2D eigenvalue weighted by molar-refractivity contribution is 6.66. The first kappa shape index (κ1) is 21.2. The van der Waals surface area contributed by atoms with Crippen LogP contribution in [0.15, 0.2) is 28.3 Å². The fraction of sp³-hybridized carbons (Fsp3) is 0.312. The van der Waals surface area contributed by atoms with E-state index in [4.69, 9.17) is 75.3 Å². The van der Waals surface area contributed by atoms with Gasteiger partial charge >= 0.3 is 5.97 Å². The number of carbonyl (C=O) groups excluding carboxylic acids is 1. The average Bonchev–Trinajstić information content (AvgIpc) is 3.10. The van der Waals surface area contributed by atoms with E-state index in [1.165, 1.54) is 0 Å². The highest BCUT2D eigenvalue weighted by atomic mass is 35.5. The van der Waals surface area contributed by atoms with Crippen molar-refractivity contribution in [3.63, 3.8) is 0 Å². The first-order chi connectivity index (χ1) is 13.4. The zero-order valence-electron chi connectivity index (χ0n) is 13.9. The summed E-state index contributed by atoms with van der Waals surface area (Å²) in [6, 6.07) is 4.74. The average molecular weight is 519 g/mol. The molecule has 5 N–H and O–H groups in total. The molecular weight excluding hydrogens is 509 g/mol. The maximum Gasteiger partial charge on any atom is 0.309 e. The van der Waals surface area contributed by atoms with E-state index >= 15 is 0 Å². The molecule has 1 saturated carbocycles. The molecular formula is C16H10Cl6N4O3. The Bertz CT molecular complexity index is 1120. The molecule has 4 rings (SSSR count). The van der Waals surface area contributed by atoms with Crippen molar-refractivity contribution in [3.05, 3.63) is 28.3 Å². The molecule has 0 spiro atoms. The van der Waals surface area contributed by atoms with Crippen LogP contribution in [0.5, 0.6) is 0 Å². The van der Waals surface area contributed by atoms with Gasteiger partial charge in [0, 0.05) is 5.69 Å². The van der Waals surface area contributed by atoms with Crippen LogP contribution >= 0.6 is 69.6 Å². The number of rotatable bonds is 3. The largest absolute Gasteiger partial charge is 0.481 e. The normalized spacial score (nSPS) is 32.8. The predicted octanol–water partition coefficient (Wildman–Crippen LogP) is 4.25. The Morgan fingerprint density at radius 3 is 2.28 bits per heavy atom. The van der Waals surface area contributed by atoms with E-state index in [-0.39, 0.29) is 16.0 Å². The Hall–Kier alpha value is -1.09. The fourth-order valence-corrected chi connectivity index (χ4v) is 6.89. The van der Waals surface area contributed by atoms with Gasteiger partial charge in [0.2, 0.25) is 5.91 Å². The summed E-state index contributed by atoms with van der Waals surface area (Å²) in [5, 5.41) is 11.8. The van der Waals surface area contributed by atoms with Crippen LogP contribution in [-0.2, 0) is 9.59 Å². The molecule has 0 radical (unpaired) electrons. The number of aromatic amines is 1. The van der Waals surface area contributed by atoms with E-state index in [1.54, 1.807) is 18.2 Å². The zero-order chi connectivity index (χ0) is 21.5. The Morgan fingerprint density at radius 1 is 1.10 bits per heavy atom. The van der Waals surface area contributed by atoms with Crippen molar-refractivity contribution in [1.29, 1.82) is 0 Å². The second-order valence-corrected chi connectivity index (χ2v) is 10.0. The highest BCUT2D eigenvalue weighted by Crippen LogP contribution is 2.76. The van der Waals surface area contributed by atoms with Crippen LogP contribution in [0.3, 0.4) is 0 Å². The number of carboxylic acid groups (broad SMARTS) is 1. The van der Waals surface area contributed by atoms with Gasteiger partial charge in [-0.2, -0.15) is 0 Å². The Balaban J connectivity index is 1.78. The summed E-state index contributed by atoms with van der Waals surface area (Å²) >= 11 is 38.3. The number of halogens is 6. The molecule has 0 aliphatic heterocycles. The molecule has 2 bridgehead atoms.